The van der Waals surface area contributed by atoms with Gasteiger partial charge in [-0.3, -0.25) is 4.90 Å². The molecule has 1 saturated heterocycles. The highest BCUT2D eigenvalue weighted by Crippen LogP contribution is 2.34. The van der Waals surface area contributed by atoms with E-state index in [-0.39, 0.29) is 12.0 Å². The summed E-state index contributed by atoms with van der Waals surface area (Å²) in [7, 11) is 0. The van der Waals surface area contributed by atoms with Crippen molar-refractivity contribution in [3.63, 3.8) is 0 Å². The van der Waals surface area contributed by atoms with Crippen molar-refractivity contribution in [1.29, 1.82) is 0 Å². The molecule has 1 unspecified atom stereocenters. The molecule has 0 radical (unpaired) electrons. The molecule has 0 aliphatic carbocycles. The number of hydrogen-bond donors (Lipinski definition) is 1. The standard InChI is InChI=1S/C14H21BrN2O2S/c1-3-19-14(18)13(12-9-11(15)10(2)20-12)17-7-4-5-16-6-8-17/h9,13,16H,3-8H2,1-2H3. The van der Waals surface area contributed by atoms with E-state index in [1.165, 1.54) is 4.88 Å². The van der Waals surface area contributed by atoms with Crippen molar-refractivity contribution < 1.29 is 9.53 Å². The molecule has 0 amide bonds. The van der Waals surface area contributed by atoms with Gasteiger partial charge in [-0.15, -0.1) is 11.3 Å². The highest BCUT2D eigenvalue weighted by Gasteiger charge is 2.31. The van der Waals surface area contributed by atoms with Crippen molar-refractivity contribution in [3.05, 3.63) is 20.3 Å². The highest BCUT2D eigenvalue weighted by molar-refractivity contribution is 9.10. The van der Waals surface area contributed by atoms with E-state index in [9.17, 15) is 4.79 Å². The predicted octanol–water partition coefficient (Wildman–Crippen LogP) is 2.72. The number of hydrogen-bond acceptors (Lipinski definition) is 5. The number of thiophene rings is 1. The topological polar surface area (TPSA) is 41.6 Å². The van der Waals surface area contributed by atoms with E-state index in [1.54, 1.807) is 11.3 Å². The molecule has 4 nitrogen and oxygen atoms in total. The van der Waals surface area contributed by atoms with Crippen LogP contribution in [0.1, 0.15) is 29.1 Å². The molecule has 1 aromatic rings. The van der Waals surface area contributed by atoms with Crippen molar-refractivity contribution in [2.45, 2.75) is 26.3 Å². The van der Waals surface area contributed by atoms with E-state index >= 15 is 0 Å². The summed E-state index contributed by atoms with van der Waals surface area (Å²) in [4.78, 5) is 16.9. The van der Waals surface area contributed by atoms with Gasteiger partial charge in [0.25, 0.3) is 0 Å². The van der Waals surface area contributed by atoms with Gasteiger partial charge in [-0.25, -0.2) is 4.79 Å². The van der Waals surface area contributed by atoms with Gasteiger partial charge < -0.3 is 10.1 Å². The van der Waals surface area contributed by atoms with Crippen LogP contribution in [-0.4, -0.2) is 43.7 Å². The SMILES string of the molecule is CCOC(=O)C(c1cc(Br)c(C)s1)N1CCCNCC1. The lowest BCUT2D eigenvalue weighted by atomic mass is 10.2. The quantitative estimate of drug-likeness (QED) is 0.838. The van der Waals surface area contributed by atoms with Crippen molar-refractivity contribution in [1.82, 2.24) is 10.2 Å². The van der Waals surface area contributed by atoms with E-state index in [0.717, 1.165) is 41.9 Å². The minimum absolute atomic E-state index is 0.136. The van der Waals surface area contributed by atoms with Crippen molar-refractivity contribution >= 4 is 33.2 Å². The van der Waals surface area contributed by atoms with Crippen LogP contribution in [0.4, 0.5) is 0 Å². The lowest BCUT2D eigenvalue weighted by Gasteiger charge is -2.27. The zero-order chi connectivity index (χ0) is 14.5. The fourth-order valence-electron chi connectivity index (χ4n) is 2.41. The molecule has 0 saturated carbocycles. The summed E-state index contributed by atoms with van der Waals surface area (Å²) < 4.78 is 6.36. The number of esters is 1. The van der Waals surface area contributed by atoms with Crippen LogP contribution in [0.25, 0.3) is 0 Å². The average molecular weight is 361 g/mol. The Morgan fingerprint density at radius 1 is 1.55 bits per heavy atom. The van der Waals surface area contributed by atoms with Crippen LogP contribution in [0.3, 0.4) is 0 Å². The summed E-state index contributed by atoms with van der Waals surface area (Å²) >= 11 is 5.21. The van der Waals surface area contributed by atoms with E-state index in [4.69, 9.17) is 4.74 Å². The third kappa shape index (κ3) is 3.81. The molecule has 1 atom stereocenters. The molecule has 2 heterocycles. The molecule has 0 aromatic carbocycles. The number of aryl methyl sites for hydroxylation is 1. The van der Waals surface area contributed by atoms with E-state index < -0.39 is 0 Å². The number of halogens is 1. The number of carbonyl (C=O) groups is 1. The van der Waals surface area contributed by atoms with Crippen LogP contribution in [0.2, 0.25) is 0 Å². The third-order valence-corrected chi connectivity index (χ3v) is 5.58. The molecule has 1 N–H and O–H groups in total. The van der Waals surface area contributed by atoms with E-state index in [0.29, 0.717) is 6.61 Å². The molecular formula is C14H21BrN2O2S. The van der Waals surface area contributed by atoms with Gasteiger partial charge in [-0.1, -0.05) is 0 Å². The second kappa shape index (κ2) is 7.54. The first-order chi connectivity index (χ1) is 9.63. The average Bonchev–Trinajstić information content (AvgIpc) is 2.63. The summed E-state index contributed by atoms with van der Waals surface area (Å²) in [5.74, 6) is -0.136. The van der Waals surface area contributed by atoms with Crippen LogP contribution in [0.5, 0.6) is 0 Å². The molecule has 0 spiro atoms. The first kappa shape index (κ1) is 15.9. The Labute approximate surface area is 132 Å². The Bertz CT molecular complexity index is 437. The van der Waals surface area contributed by atoms with Crippen LogP contribution >= 0.6 is 27.3 Å². The largest absolute Gasteiger partial charge is 0.465 e. The van der Waals surface area contributed by atoms with E-state index in [2.05, 4.69) is 39.1 Å². The van der Waals surface area contributed by atoms with Gasteiger partial charge in [0.15, 0.2) is 0 Å². The molecule has 1 aliphatic heterocycles. The van der Waals surface area contributed by atoms with Crippen LogP contribution in [0, 0.1) is 6.92 Å². The molecule has 112 valence electrons. The minimum atomic E-state index is -0.273. The first-order valence-corrected chi connectivity index (χ1v) is 8.61. The van der Waals surface area contributed by atoms with Crippen LogP contribution < -0.4 is 5.32 Å². The Hall–Kier alpha value is -0.430. The van der Waals surface area contributed by atoms with Gasteiger partial charge in [0.1, 0.15) is 6.04 Å². The summed E-state index contributed by atoms with van der Waals surface area (Å²) in [5, 5.41) is 3.37. The van der Waals surface area contributed by atoms with Crippen LogP contribution in [0.15, 0.2) is 10.5 Å². The van der Waals surface area contributed by atoms with Gasteiger partial charge in [0, 0.05) is 33.9 Å². The summed E-state index contributed by atoms with van der Waals surface area (Å²) in [6, 6.07) is 1.78. The molecule has 6 heteroatoms. The van der Waals surface area contributed by atoms with Crippen LogP contribution in [-0.2, 0) is 9.53 Å². The molecule has 1 fully saturated rings. The molecule has 1 aliphatic rings. The Balaban J connectivity index is 2.25. The van der Waals surface area contributed by atoms with Gasteiger partial charge in [-0.2, -0.15) is 0 Å². The van der Waals surface area contributed by atoms with Gasteiger partial charge >= 0.3 is 5.97 Å². The molecule has 2 rings (SSSR count). The molecular weight excluding hydrogens is 340 g/mol. The Morgan fingerprint density at radius 2 is 2.35 bits per heavy atom. The highest BCUT2D eigenvalue weighted by atomic mass is 79.9. The number of nitrogens with zero attached hydrogens (tertiary/aromatic N) is 1. The zero-order valence-corrected chi connectivity index (χ0v) is 14.3. The fourth-order valence-corrected chi connectivity index (χ4v) is 4.09. The maximum Gasteiger partial charge on any atom is 0.328 e. The lowest BCUT2D eigenvalue weighted by Crippen LogP contribution is -2.37. The molecule has 0 bridgehead atoms. The molecule has 1 aromatic heterocycles. The smallest absolute Gasteiger partial charge is 0.328 e. The Morgan fingerprint density at radius 3 is 3.00 bits per heavy atom. The summed E-state index contributed by atoms with van der Waals surface area (Å²) in [6.07, 6.45) is 1.06. The second-order valence-corrected chi connectivity index (χ2v) is 6.99. The minimum Gasteiger partial charge on any atom is -0.465 e. The summed E-state index contributed by atoms with van der Waals surface area (Å²) in [5.41, 5.74) is 0. The Kier molecular flexibility index (Phi) is 6.01. The van der Waals surface area contributed by atoms with Gasteiger partial charge in [0.2, 0.25) is 0 Å². The summed E-state index contributed by atoms with van der Waals surface area (Å²) in [6.45, 7) is 8.07. The lowest BCUT2D eigenvalue weighted by molar-refractivity contribution is -0.149. The maximum absolute atomic E-state index is 12.4. The van der Waals surface area contributed by atoms with Gasteiger partial charge in [-0.05, 0) is 48.8 Å². The number of nitrogens with one attached hydrogen (secondary N) is 1. The van der Waals surface area contributed by atoms with Crippen molar-refractivity contribution in [2.75, 3.05) is 32.8 Å². The third-order valence-electron chi connectivity index (χ3n) is 3.40. The zero-order valence-electron chi connectivity index (χ0n) is 11.9. The second-order valence-electron chi connectivity index (χ2n) is 4.85. The number of ether oxygens (including phenoxy) is 1. The maximum atomic E-state index is 12.4. The predicted molar refractivity (Wildman–Crippen MR) is 85.2 cm³/mol. The van der Waals surface area contributed by atoms with Gasteiger partial charge in [0.05, 0.1) is 6.61 Å². The van der Waals surface area contributed by atoms with Crippen molar-refractivity contribution in [2.24, 2.45) is 0 Å². The first-order valence-electron chi connectivity index (χ1n) is 7.00. The normalized spacial score (nSPS) is 18.6. The fraction of sp³-hybridized carbons (Fsp3) is 0.643. The van der Waals surface area contributed by atoms with Crippen molar-refractivity contribution in [3.8, 4) is 0 Å². The number of rotatable bonds is 4. The molecule has 20 heavy (non-hydrogen) atoms. The monoisotopic (exact) mass is 360 g/mol. The van der Waals surface area contributed by atoms with E-state index in [1.807, 2.05) is 6.92 Å². The number of carbonyl (C=O) groups excluding carboxylic acids is 1.